The second kappa shape index (κ2) is 2.67. The van der Waals surface area contributed by atoms with Crippen LogP contribution >= 0.6 is 0 Å². The van der Waals surface area contributed by atoms with Gasteiger partial charge in [-0.2, -0.15) is 0 Å². The van der Waals surface area contributed by atoms with E-state index in [-0.39, 0.29) is 0 Å². The van der Waals surface area contributed by atoms with Gasteiger partial charge in [-0.05, 0) is 25.3 Å². The molecule has 0 spiro atoms. The van der Waals surface area contributed by atoms with Crippen LogP contribution in [0.25, 0.3) is 0 Å². The molecule has 0 aromatic carbocycles. The van der Waals surface area contributed by atoms with Crippen molar-refractivity contribution in [2.24, 2.45) is 0 Å². The van der Waals surface area contributed by atoms with Gasteiger partial charge in [-0.15, -0.1) is 0 Å². The van der Waals surface area contributed by atoms with Crippen molar-refractivity contribution in [1.29, 1.82) is 0 Å². The SMILES string of the molecule is C=C(C)C1=CC=CCC1. The fourth-order valence-corrected chi connectivity index (χ4v) is 0.958. The molecule has 0 unspecified atom stereocenters. The number of hydrogen-bond acceptors (Lipinski definition) is 0. The summed E-state index contributed by atoms with van der Waals surface area (Å²) < 4.78 is 0. The second-order valence-corrected chi connectivity index (χ2v) is 2.44. The largest absolute Gasteiger partial charge is 0.0958 e. The molecule has 0 nitrogen and oxygen atoms in total. The number of rotatable bonds is 1. The van der Waals surface area contributed by atoms with Crippen LogP contribution in [0.5, 0.6) is 0 Å². The molecule has 0 heteroatoms. The van der Waals surface area contributed by atoms with Crippen molar-refractivity contribution in [2.75, 3.05) is 0 Å². The van der Waals surface area contributed by atoms with Gasteiger partial charge in [-0.1, -0.05) is 30.4 Å². The van der Waals surface area contributed by atoms with Crippen molar-refractivity contribution in [2.45, 2.75) is 19.8 Å². The van der Waals surface area contributed by atoms with Gasteiger partial charge < -0.3 is 0 Å². The first kappa shape index (κ1) is 6.34. The van der Waals surface area contributed by atoms with E-state index >= 15 is 0 Å². The molecular weight excluding hydrogens is 108 g/mol. The maximum atomic E-state index is 3.88. The predicted molar refractivity (Wildman–Crippen MR) is 41.3 cm³/mol. The van der Waals surface area contributed by atoms with Crippen molar-refractivity contribution in [3.8, 4) is 0 Å². The average molecular weight is 120 g/mol. The molecule has 48 valence electrons. The van der Waals surface area contributed by atoms with E-state index in [1.165, 1.54) is 24.0 Å². The lowest BCUT2D eigenvalue weighted by Crippen LogP contribution is -1.86. The topological polar surface area (TPSA) is 0 Å². The molecule has 9 heavy (non-hydrogen) atoms. The van der Waals surface area contributed by atoms with E-state index in [9.17, 15) is 0 Å². The Kier molecular flexibility index (Phi) is 1.88. The lowest BCUT2D eigenvalue weighted by atomic mass is 10.00. The Morgan fingerprint density at radius 2 is 2.44 bits per heavy atom. The van der Waals surface area contributed by atoms with Crippen molar-refractivity contribution in [3.05, 3.63) is 36.0 Å². The molecule has 0 aromatic rings. The van der Waals surface area contributed by atoms with E-state index < -0.39 is 0 Å². The Labute approximate surface area is 56.6 Å². The van der Waals surface area contributed by atoms with Crippen LogP contribution in [0.4, 0.5) is 0 Å². The van der Waals surface area contributed by atoms with Gasteiger partial charge in [0.1, 0.15) is 0 Å². The molecule has 0 bridgehead atoms. The molecular formula is C9H12. The van der Waals surface area contributed by atoms with Gasteiger partial charge in [0.2, 0.25) is 0 Å². The van der Waals surface area contributed by atoms with Crippen LogP contribution in [0.3, 0.4) is 0 Å². The number of allylic oxidation sites excluding steroid dienone is 5. The van der Waals surface area contributed by atoms with E-state index in [1.807, 2.05) is 0 Å². The third kappa shape index (κ3) is 1.56. The number of hydrogen-bond donors (Lipinski definition) is 0. The molecule has 1 rings (SSSR count). The highest BCUT2D eigenvalue weighted by Crippen LogP contribution is 2.17. The third-order valence-corrected chi connectivity index (χ3v) is 1.56. The first-order valence-corrected chi connectivity index (χ1v) is 3.32. The zero-order chi connectivity index (χ0) is 6.69. The standard InChI is InChI=1S/C9H12/c1-8(2)9-6-4-3-5-7-9/h3-4,6H,1,5,7H2,2H3. The van der Waals surface area contributed by atoms with E-state index in [2.05, 4.69) is 31.7 Å². The van der Waals surface area contributed by atoms with E-state index in [1.54, 1.807) is 0 Å². The van der Waals surface area contributed by atoms with E-state index in [0.29, 0.717) is 0 Å². The molecule has 0 amide bonds. The molecule has 0 saturated carbocycles. The fourth-order valence-electron chi connectivity index (χ4n) is 0.958. The molecule has 1 aliphatic carbocycles. The molecule has 0 fully saturated rings. The monoisotopic (exact) mass is 120 g/mol. The van der Waals surface area contributed by atoms with Crippen molar-refractivity contribution in [1.82, 2.24) is 0 Å². The predicted octanol–water partition coefficient (Wildman–Crippen LogP) is 2.84. The summed E-state index contributed by atoms with van der Waals surface area (Å²) in [4.78, 5) is 0. The molecule has 0 atom stereocenters. The molecule has 0 aliphatic heterocycles. The summed E-state index contributed by atoms with van der Waals surface area (Å²) in [5.41, 5.74) is 2.61. The van der Waals surface area contributed by atoms with Crippen LogP contribution in [0.1, 0.15) is 19.8 Å². The van der Waals surface area contributed by atoms with Crippen molar-refractivity contribution in [3.63, 3.8) is 0 Å². The lowest BCUT2D eigenvalue weighted by Gasteiger charge is -2.06. The third-order valence-electron chi connectivity index (χ3n) is 1.56. The van der Waals surface area contributed by atoms with Crippen LogP contribution in [0.2, 0.25) is 0 Å². The highest BCUT2D eigenvalue weighted by atomic mass is 14.0. The van der Waals surface area contributed by atoms with Crippen LogP contribution in [-0.2, 0) is 0 Å². The summed E-state index contributed by atoms with van der Waals surface area (Å²) in [6, 6.07) is 0. The minimum Gasteiger partial charge on any atom is -0.0958 e. The van der Waals surface area contributed by atoms with Gasteiger partial charge in [-0.25, -0.2) is 0 Å². The molecule has 1 aliphatic rings. The van der Waals surface area contributed by atoms with Crippen LogP contribution < -0.4 is 0 Å². The Hall–Kier alpha value is -0.780. The zero-order valence-electron chi connectivity index (χ0n) is 5.85. The van der Waals surface area contributed by atoms with Gasteiger partial charge >= 0.3 is 0 Å². The lowest BCUT2D eigenvalue weighted by molar-refractivity contribution is 0.970. The van der Waals surface area contributed by atoms with Gasteiger partial charge in [0, 0.05) is 0 Å². The summed E-state index contributed by atoms with van der Waals surface area (Å²) in [5.74, 6) is 0. The summed E-state index contributed by atoms with van der Waals surface area (Å²) in [6.07, 6.45) is 8.79. The zero-order valence-corrected chi connectivity index (χ0v) is 5.85. The van der Waals surface area contributed by atoms with Crippen molar-refractivity contribution < 1.29 is 0 Å². The average Bonchev–Trinajstić information content (AvgIpc) is 1.90. The Morgan fingerprint density at radius 1 is 1.67 bits per heavy atom. The minimum atomic E-state index is 1.17. The highest BCUT2D eigenvalue weighted by Gasteiger charge is 1.97. The minimum absolute atomic E-state index is 1.17. The smallest absolute Gasteiger partial charge is 0.0242 e. The molecule has 0 saturated heterocycles. The summed E-state index contributed by atoms with van der Waals surface area (Å²) in [6.45, 7) is 5.94. The van der Waals surface area contributed by atoms with E-state index in [4.69, 9.17) is 0 Å². The Bertz CT molecular complexity index is 170. The quantitative estimate of drug-likeness (QED) is 0.499. The summed E-state index contributed by atoms with van der Waals surface area (Å²) >= 11 is 0. The van der Waals surface area contributed by atoms with Gasteiger partial charge in [-0.3, -0.25) is 0 Å². The summed E-state index contributed by atoms with van der Waals surface area (Å²) in [5, 5.41) is 0. The van der Waals surface area contributed by atoms with Crippen LogP contribution in [0, 0.1) is 0 Å². The van der Waals surface area contributed by atoms with Crippen LogP contribution in [0.15, 0.2) is 36.0 Å². The maximum Gasteiger partial charge on any atom is -0.0242 e. The molecule has 0 heterocycles. The van der Waals surface area contributed by atoms with Gasteiger partial charge in [0.15, 0.2) is 0 Å². The van der Waals surface area contributed by atoms with E-state index in [0.717, 1.165) is 0 Å². The molecule has 0 radical (unpaired) electrons. The maximum absolute atomic E-state index is 3.88. The second-order valence-electron chi connectivity index (χ2n) is 2.44. The Balaban J connectivity index is 2.68. The van der Waals surface area contributed by atoms with Crippen molar-refractivity contribution >= 4 is 0 Å². The normalized spacial score (nSPS) is 17.2. The van der Waals surface area contributed by atoms with Gasteiger partial charge in [0.05, 0.1) is 0 Å². The van der Waals surface area contributed by atoms with Crippen LogP contribution in [-0.4, -0.2) is 0 Å². The first-order chi connectivity index (χ1) is 4.30. The Morgan fingerprint density at radius 3 is 2.78 bits per heavy atom. The highest BCUT2D eigenvalue weighted by molar-refractivity contribution is 5.32. The van der Waals surface area contributed by atoms with Gasteiger partial charge in [0.25, 0.3) is 0 Å². The fraction of sp³-hybridized carbons (Fsp3) is 0.333. The molecule has 0 aromatic heterocycles. The molecule has 0 N–H and O–H groups in total. The summed E-state index contributed by atoms with van der Waals surface area (Å²) in [7, 11) is 0. The first-order valence-electron chi connectivity index (χ1n) is 3.32.